The fraction of sp³-hybridized carbons (Fsp3) is 0.154. The van der Waals surface area contributed by atoms with Crippen molar-refractivity contribution in [2.75, 3.05) is 5.73 Å². The Kier molecular flexibility index (Phi) is 4.74. The van der Waals surface area contributed by atoms with Crippen LogP contribution in [-0.2, 0) is 5.75 Å². The van der Waals surface area contributed by atoms with Gasteiger partial charge in [-0.2, -0.15) is 0 Å². The van der Waals surface area contributed by atoms with Crippen LogP contribution in [0, 0.1) is 6.92 Å². The highest BCUT2D eigenvalue weighted by atomic mass is 79.9. The summed E-state index contributed by atoms with van der Waals surface area (Å²) in [5.74, 6) is 6.59. The van der Waals surface area contributed by atoms with Crippen molar-refractivity contribution < 1.29 is 9.21 Å². The van der Waals surface area contributed by atoms with Crippen LogP contribution in [0.4, 0.5) is 5.69 Å². The first-order valence-electron chi connectivity index (χ1n) is 5.79. The molecule has 0 radical (unpaired) electrons. The van der Waals surface area contributed by atoms with E-state index in [1.165, 1.54) is 0 Å². The SMILES string of the molecule is Cc1oc(CSc2cc(Br)ccc2N)cc1C(=O)NN. The number of hydrogen-bond acceptors (Lipinski definition) is 5. The summed E-state index contributed by atoms with van der Waals surface area (Å²) in [5.41, 5.74) is 9.16. The van der Waals surface area contributed by atoms with Crippen molar-refractivity contribution in [2.45, 2.75) is 17.6 Å². The molecule has 0 saturated carbocycles. The Morgan fingerprint density at radius 3 is 2.90 bits per heavy atom. The van der Waals surface area contributed by atoms with E-state index in [1.807, 2.05) is 18.2 Å². The normalized spacial score (nSPS) is 10.6. The summed E-state index contributed by atoms with van der Waals surface area (Å²) < 4.78 is 6.51. The van der Waals surface area contributed by atoms with E-state index in [0.29, 0.717) is 28.5 Å². The van der Waals surface area contributed by atoms with E-state index >= 15 is 0 Å². The van der Waals surface area contributed by atoms with Crippen LogP contribution in [0.15, 0.2) is 38.1 Å². The number of furan rings is 1. The van der Waals surface area contributed by atoms with Crippen LogP contribution in [-0.4, -0.2) is 5.91 Å². The van der Waals surface area contributed by atoms with E-state index in [-0.39, 0.29) is 5.91 Å². The lowest BCUT2D eigenvalue weighted by Crippen LogP contribution is -2.30. The summed E-state index contributed by atoms with van der Waals surface area (Å²) in [6.07, 6.45) is 0. The van der Waals surface area contributed by atoms with Crippen LogP contribution >= 0.6 is 27.7 Å². The first-order chi connectivity index (χ1) is 9.51. The second kappa shape index (κ2) is 6.34. The maximum absolute atomic E-state index is 11.5. The van der Waals surface area contributed by atoms with E-state index in [1.54, 1.807) is 24.8 Å². The van der Waals surface area contributed by atoms with Gasteiger partial charge in [0.1, 0.15) is 11.5 Å². The standard InChI is InChI=1S/C13H14BrN3O2S/c1-7-10(13(18)17-16)5-9(19-7)6-20-12-4-8(14)2-3-11(12)15/h2-5H,6,15-16H2,1H3,(H,17,18). The fourth-order valence-corrected chi connectivity index (χ4v) is 3.10. The van der Waals surface area contributed by atoms with Gasteiger partial charge in [-0.15, -0.1) is 11.8 Å². The van der Waals surface area contributed by atoms with E-state index in [9.17, 15) is 4.79 Å². The number of anilines is 1. The Morgan fingerprint density at radius 1 is 1.45 bits per heavy atom. The summed E-state index contributed by atoms with van der Waals surface area (Å²) in [4.78, 5) is 12.4. The largest absolute Gasteiger partial charge is 0.465 e. The molecule has 0 aliphatic rings. The first kappa shape index (κ1) is 15.0. The topological polar surface area (TPSA) is 94.3 Å². The van der Waals surface area contributed by atoms with E-state index in [2.05, 4.69) is 21.4 Å². The molecule has 106 valence electrons. The molecule has 0 atom stereocenters. The number of thioether (sulfide) groups is 1. The van der Waals surface area contributed by atoms with E-state index in [4.69, 9.17) is 16.0 Å². The van der Waals surface area contributed by atoms with Crippen molar-refractivity contribution >= 4 is 39.3 Å². The van der Waals surface area contributed by atoms with Crippen LogP contribution < -0.4 is 17.0 Å². The van der Waals surface area contributed by atoms with Gasteiger partial charge in [0.2, 0.25) is 0 Å². The smallest absolute Gasteiger partial charge is 0.268 e. The summed E-state index contributed by atoms with van der Waals surface area (Å²) in [6.45, 7) is 1.73. The van der Waals surface area contributed by atoms with Crippen molar-refractivity contribution in [1.29, 1.82) is 0 Å². The van der Waals surface area contributed by atoms with Gasteiger partial charge in [-0.25, -0.2) is 5.84 Å². The lowest BCUT2D eigenvalue weighted by atomic mass is 10.2. The summed E-state index contributed by atoms with van der Waals surface area (Å²) in [5, 5.41) is 0. The Bertz CT molecular complexity index is 643. The van der Waals surface area contributed by atoms with Gasteiger partial charge in [-0.1, -0.05) is 15.9 Å². The molecular weight excluding hydrogens is 342 g/mol. The molecule has 0 unspecified atom stereocenters. The zero-order valence-corrected chi connectivity index (χ0v) is 13.2. The van der Waals surface area contributed by atoms with Crippen LogP contribution in [0.25, 0.3) is 0 Å². The van der Waals surface area contributed by atoms with E-state index in [0.717, 1.165) is 9.37 Å². The van der Waals surface area contributed by atoms with Crippen molar-refractivity contribution in [3.05, 3.63) is 45.8 Å². The zero-order valence-electron chi connectivity index (χ0n) is 10.8. The average molecular weight is 356 g/mol. The molecule has 1 heterocycles. The van der Waals surface area contributed by atoms with Gasteiger partial charge < -0.3 is 10.2 Å². The number of hydrogen-bond donors (Lipinski definition) is 3. The number of aryl methyl sites for hydroxylation is 1. The predicted molar refractivity (Wildman–Crippen MR) is 83.2 cm³/mol. The highest BCUT2D eigenvalue weighted by Crippen LogP contribution is 2.31. The van der Waals surface area contributed by atoms with Gasteiger partial charge in [0.15, 0.2) is 0 Å². The Balaban J connectivity index is 2.11. The molecule has 2 aromatic rings. The number of nitrogen functional groups attached to an aromatic ring is 2. The third kappa shape index (κ3) is 3.36. The molecule has 1 aromatic carbocycles. The highest BCUT2D eigenvalue weighted by Gasteiger charge is 2.14. The average Bonchev–Trinajstić information content (AvgIpc) is 2.80. The maximum atomic E-state index is 11.5. The third-order valence-electron chi connectivity index (χ3n) is 2.69. The molecule has 2 rings (SSSR count). The summed E-state index contributed by atoms with van der Waals surface area (Å²) in [7, 11) is 0. The summed E-state index contributed by atoms with van der Waals surface area (Å²) >= 11 is 4.95. The minimum Gasteiger partial charge on any atom is -0.465 e. The second-order valence-corrected chi connectivity index (χ2v) is 6.06. The molecule has 0 saturated heterocycles. The Labute approximate surface area is 129 Å². The monoisotopic (exact) mass is 355 g/mol. The van der Waals surface area contributed by atoms with Crippen molar-refractivity contribution in [3.63, 3.8) is 0 Å². The molecule has 0 aliphatic carbocycles. The molecule has 7 heteroatoms. The van der Waals surface area contributed by atoms with Gasteiger partial charge in [-0.05, 0) is 31.2 Å². The van der Waals surface area contributed by atoms with Crippen molar-refractivity contribution in [2.24, 2.45) is 5.84 Å². The molecule has 0 aliphatic heterocycles. The van der Waals surface area contributed by atoms with Crippen LogP contribution in [0.1, 0.15) is 21.9 Å². The van der Waals surface area contributed by atoms with Gasteiger partial charge in [0, 0.05) is 15.1 Å². The minimum atomic E-state index is -0.357. The number of hydrazine groups is 1. The molecule has 5 N–H and O–H groups in total. The molecule has 0 fully saturated rings. The van der Waals surface area contributed by atoms with Crippen molar-refractivity contribution in [3.8, 4) is 0 Å². The molecule has 1 amide bonds. The second-order valence-electron chi connectivity index (χ2n) is 4.13. The number of amides is 1. The van der Waals surface area contributed by atoms with Crippen LogP contribution in [0.2, 0.25) is 0 Å². The number of nitrogens with one attached hydrogen (secondary N) is 1. The number of rotatable bonds is 4. The minimum absolute atomic E-state index is 0.357. The highest BCUT2D eigenvalue weighted by molar-refractivity contribution is 9.10. The fourth-order valence-electron chi connectivity index (χ4n) is 1.70. The number of nitrogens with two attached hydrogens (primary N) is 2. The van der Waals surface area contributed by atoms with Gasteiger partial charge in [-0.3, -0.25) is 10.2 Å². The molecule has 0 spiro atoms. The van der Waals surface area contributed by atoms with Gasteiger partial charge >= 0.3 is 0 Å². The number of halogens is 1. The van der Waals surface area contributed by atoms with Gasteiger partial charge in [0.25, 0.3) is 5.91 Å². The maximum Gasteiger partial charge on any atom is 0.268 e. The predicted octanol–water partition coefficient (Wildman–Crippen LogP) is 2.83. The Hall–Kier alpha value is -1.44. The first-order valence-corrected chi connectivity index (χ1v) is 7.57. The molecule has 20 heavy (non-hydrogen) atoms. The summed E-state index contributed by atoms with van der Waals surface area (Å²) in [6, 6.07) is 7.37. The molecule has 5 nitrogen and oxygen atoms in total. The zero-order chi connectivity index (χ0) is 14.7. The van der Waals surface area contributed by atoms with Crippen molar-refractivity contribution in [1.82, 2.24) is 5.43 Å². The quantitative estimate of drug-likeness (QED) is 0.257. The number of carbonyl (C=O) groups excluding carboxylic acids is 1. The van der Waals surface area contributed by atoms with Crippen LogP contribution in [0.5, 0.6) is 0 Å². The number of benzene rings is 1. The van der Waals surface area contributed by atoms with Crippen LogP contribution in [0.3, 0.4) is 0 Å². The molecular formula is C13H14BrN3O2S. The Morgan fingerprint density at radius 2 is 2.20 bits per heavy atom. The molecule has 0 bridgehead atoms. The lowest BCUT2D eigenvalue weighted by Gasteiger charge is -2.04. The third-order valence-corrected chi connectivity index (χ3v) is 4.28. The van der Waals surface area contributed by atoms with E-state index < -0.39 is 0 Å². The number of carbonyl (C=O) groups is 1. The van der Waals surface area contributed by atoms with Gasteiger partial charge in [0.05, 0.1) is 11.3 Å². The molecule has 1 aromatic heterocycles. The lowest BCUT2D eigenvalue weighted by molar-refractivity contribution is 0.0952.